The van der Waals surface area contributed by atoms with Gasteiger partial charge in [0.2, 0.25) is 5.91 Å². The second kappa shape index (κ2) is 9.33. The molecule has 2 aromatic rings. The third-order valence-corrected chi connectivity index (χ3v) is 7.00. The van der Waals surface area contributed by atoms with Crippen molar-refractivity contribution in [3.05, 3.63) is 71.3 Å². The summed E-state index contributed by atoms with van der Waals surface area (Å²) in [6, 6.07) is 15.6. The molecule has 1 aliphatic heterocycles. The molecule has 2 aromatic carbocycles. The average molecular weight is 461 g/mol. The van der Waals surface area contributed by atoms with Crippen molar-refractivity contribution in [3.8, 4) is 11.1 Å². The highest BCUT2D eigenvalue weighted by molar-refractivity contribution is 5.89. The van der Waals surface area contributed by atoms with Crippen LogP contribution in [0.3, 0.4) is 0 Å². The molecule has 0 radical (unpaired) electrons. The van der Waals surface area contributed by atoms with Crippen molar-refractivity contribution in [3.63, 3.8) is 0 Å². The number of benzene rings is 2. The number of hydrogen-bond donors (Lipinski definition) is 2. The van der Waals surface area contributed by atoms with E-state index >= 15 is 0 Å². The van der Waals surface area contributed by atoms with E-state index in [0.29, 0.717) is 30.9 Å². The molecule has 0 spiro atoms. The van der Waals surface area contributed by atoms with Crippen molar-refractivity contribution in [2.45, 2.75) is 37.6 Å². The van der Waals surface area contributed by atoms with Gasteiger partial charge in [0.15, 0.2) is 0 Å². The maximum Gasteiger partial charge on any atom is 0.407 e. The topological polar surface area (TPSA) is 95.9 Å². The molecule has 1 atom stereocenters. The number of hydrogen-bond acceptors (Lipinski definition) is 4. The summed E-state index contributed by atoms with van der Waals surface area (Å²) in [6.07, 6.45) is 3.97. The van der Waals surface area contributed by atoms with Crippen molar-refractivity contribution < 1.29 is 24.2 Å². The van der Waals surface area contributed by atoms with Gasteiger partial charge in [0.05, 0.1) is 0 Å². The molecule has 0 bridgehead atoms. The minimum atomic E-state index is -0.946. The minimum Gasteiger partial charge on any atom is -0.478 e. The number of amides is 2. The summed E-state index contributed by atoms with van der Waals surface area (Å²) < 4.78 is 5.65. The van der Waals surface area contributed by atoms with E-state index in [0.717, 1.165) is 35.1 Å². The van der Waals surface area contributed by atoms with Crippen LogP contribution >= 0.6 is 0 Å². The third-order valence-electron chi connectivity index (χ3n) is 7.00. The number of carbonyl (C=O) groups excluding carboxylic acids is 2. The van der Waals surface area contributed by atoms with Crippen LogP contribution in [0.25, 0.3) is 11.1 Å². The van der Waals surface area contributed by atoms with Crippen LogP contribution in [-0.4, -0.2) is 53.7 Å². The fourth-order valence-corrected chi connectivity index (χ4v) is 4.97. The lowest BCUT2D eigenvalue weighted by Crippen LogP contribution is -2.50. The Bertz CT molecular complexity index is 1110. The first-order chi connectivity index (χ1) is 16.5. The number of rotatable bonds is 7. The number of alkyl carbamates (subject to hydrolysis) is 1. The van der Waals surface area contributed by atoms with Crippen LogP contribution in [0.1, 0.15) is 42.7 Å². The van der Waals surface area contributed by atoms with Crippen LogP contribution in [0.15, 0.2) is 60.2 Å². The molecule has 0 unspecified atom stereocenters. The van der Waals surface area contributed by atoms with Gasteiger partial charge < -0.3 is 20.1 Å². The maximum absolute atomic E-state index is 13.1. The lowest BCUT2D eigenvalue weighted by Gasteiger charge is -2.29. The molecule has 1 saturated carbocycles. The summed E-state index contributed by atoms with van der Waals surface area (Å²) in [5.41, 5.74) is 4.92. The highest BCUT2D eigenvalue weighted by atomic mass is 16.5. The van der Waals surface area contributed by atoms with E-state index in [1.807, 2.05) is 24.3 Å². The fourth-order valence-electron chi connectivity index (χ4n) is 4.97. The van der Waals surface area contributed by atoms with Crippen molar-refractivity contribution in [2.75, 3.05) is 19.7 Å². The first kappa shape index (κ1) is 22.2. The van der Waals surface area contributed by atoms with Gasteiger partial charge in [-0.1, -0.05) is 67.4 Å². The zero-order chi connectivity index (χ0) is 23.7. The molecular weight excluding hydrogens is 432 g/mol. The Kier molecular flexibility index (Phi) is 6.09. The van der Waals surface area contributed by atoms with Gasteiger partial charge >= 0.3 is 12.1 Å². The second-order valence-electron chi connectivity index (χ2n) is 9.27. The van der Waals surface area contributed by atoms with Crippen LogP contribution in [0.5, 0.6) is 0 Å². The summed E-state index contributed by atoms with van der Waals surface area (Å²) in [5, 5.41) is 11.9. The van der Waals surface area contributed by atoms with Gasteiger partial charge in [-0.2, -0.15) is 0 Å². The number of carboxylic acid groups (broad SMARTS) is 1. The Morgan fingerprint density at radius 2 is 1.68 bits per heavy atom. The summed E-state index contributed by atoms with van der Waals surface area (Å²) in [6.45, 7) is 0.775. The summed E-state index contributed by atoms with van der Waals surface area (Å²) >= 11 is 0. The van der Waals surface area contributed by atoms with Crippen LogP contribution in [-0.2, 0) is 14.3 Å². The van der Waals surface area contributed by atoms with E-state index in [1.165, 1.54) is 0 Å². The molecule has 3 aliphatic rings. The molecule has 1 heterocycles. The molecule has 7 nitrogen and oxygen atoms in total. The third kappa shape index (κ3) is 4.55. The smallest absolute Gasteiger partial charge is 0.407 e. The van der Waals surface area contributed by atoms with E-state index in [1.54, 1.807) is 11.0 Å². The molecule has 34 heavy (non-hydrogen) atoms. The molecule has 0 saturated heterocycles. The van der Waals surface area contributed by atoms with Crippen molar-refractivity contribution >= 4 is 18.0 Å². The summed E-state index contributed by atoms with van der Waals surface area (Å²) in [4.78, 5) is 38.7. The Morgan fingerprint density at radius 3 is 2.24 bits per heavy atom. The van der Waals surface area contributed by atoms with Gasteiger partial charge in [-0.25, -0.2) is 9.59 Å². The lowest BCUT2D eigenvalue weighted by molar-refractivity contribution is -0.136. The van der Waals surface area contributed by atoms with Crippen molar-refractivity contribution in [2.24, 2.45) is 5.92 Å². The maximum atomic E-state index is 13.1. The summed E-state index contributed by atoms with van der Waals surface area (Å²) in [5.74, 6) is -0.741. The Balaban J connectivity index is 1.24. The molecule has 176 valence electrons. The predicted octanol–water partition coefficient (Wildman–Crippen LogP) is 3.94. The van der Waals surface area contributed by atoms with Gasteiger partial charge in [-0.05, 0) is 41.0 Å². The normalized spacial score (nSPS) is 17.9. The molecule has 5 rings (SSSR count). The van der Waals surface area contributed by atoms with Crippen LogP contribution in [0.2, 0.25) is 0 Å². The molecule has 1 fully saturated rings. The Hall–Kier alpha value is -3.61. The second-order valence-corrected chi connectivity index (χ2v) is 9.27. The predicted molar refractivity (Wildman–Crippen MR) is 126 cm³/mol. The van der Waals surface area contributed by atoms with E-state index in [2.05, 4.69) is 29.6 Å². The first-order valence-corrected chi connectivity index (χ1v) is 11.8. The number of carboxylic acids is 1. The minimum absolute atomic E-state index is 0.0441. The van der Waals surface area contributed by atoms with Gasteiger partial charge in [-0.15, -0.1) is 0 Å². The number of aliphatic carboxylic acids is 1. The first-order valence-electron chi connectivity index (χ1n) is 11.8. The quantitative estimate of drug-likeness (QED) is 0.653. The number of ether oxygens (including phenoxy) is 1. The number of fused-ring (bicyclic) bond motifs is 3. The molecule has 2 N–H and O–H groups in total. The van der Waals surface area contributed by atoms with Crippen LogP contribution in [0.4, 0.5) is 4.79 Å². The highest BCUT2D eigenvalue weighted by Gasteiger charge is 2.35. The van der Waals surface area contributed by atoms with E-state index in [4.69, 9.17) is 9.84 Å². The average Bonchev–Trinajstić information content (AvgIpc) is 3.62. The zero-order valence-corrected chi connectivity index (χ0v) is 18.9. The van der Waals surface area contributed by atoms with Crippen molar-refractivity contribution in [1.29, 1.82) is 0 Å². The van der Waals surface area contributed by atoms with Crippen LogP contribution < -0.4 is 5.32 Å². The monoisotopic (exact) mass is 460 g/mol. The number of nitrogens with one attached hydrogen (secondary N) is 1. The molecule has 7 heteroatoms. The number of nitrogens with zero attached hydrogens (tertiary/aromatic N) is 1. The number of carbonyl (C=O) groups is 3. The van der Waals surface area contributed by atoms with Gasteiger partial charge in [0, 0.05) is 24.6 Å². The fraction of sp³-hybridized carbons (Fsp3) is 0.370. The van der Waals surface area contributed by atoms with Gasteiger partial charge in [-0.3, -0.25) is 4.79 Å². The zero-order valence-electron chi connectivity index (χ0n) is 18.9. The highest BCUT2D eigenvalue weighted by Crippen LogP contribution is 2.44. The molecular formula is C27H28N2O5. The molecule has 2 amide bonds. The van der Waals surface area contributed by atoms with Gasteiger partial charge in [0.1, 0.15) is 12.6 Å². The standard InChI is InChI=1S/C27H28N2O5/c30-25(29-13-11-18(12-14-29)26(31)32)24(15-17-9-10-17)28-27(33)34-16-23-21-7-3-1-5-19(21)20-6-2-4-8-22(20)23/h1-8,11,17,23-24H,9-10,12-16H2,(H,28,33)(H,31,32)/t24-/m0/s1. The van der Waals surface area contributed by atoms with Crippen LogP contribution in [0, 0.1) is 5.92 Å². The van der Waals surface area contributed by atoms with Gasteiger partial charge in [0.25, 0.3) is 0 Å². The Labute approximate surface area is 198 Å². The lowest BCUT2D eigenvalue weighted by atomic mass is 9.98. The van der Waals surface area contributed by atoms with E-state index < -0.39 is 18.1 Å². The SMILES string of the molecule is O=C(N[C@@H](CC1CC1)C(=O)N1CC=C(C(=O)O)CC1)OCC1c2ccccc2-c2ccccc21. The largest absolute Gasteiger partial charge is 0.478 e. The van der Waals surface area contributed by atoms with E-state index in [9.17, 15) is 14.4 Å². The molecule has 2 aliphatic carbocycles. The van der Waals surface area contributed by atoms with E-state index in [-0.39, 0.29) is 25.0 Å². The molecule has 0 aromatic heterocycles. The summed E-state index contributed by atoms with van der Waals surface area (Å²) in [7, 11) is 0. The van der Waals surface area contributed by atoms with Crippen molar-refractivity contribution in [1.82, 2.24) is 10.2 Å². The Morgan fingerprint density at radius 1 is 1.03 bits per heavy atom.